The van der Waals surface area contributed by atoms with E-state index in [4.69, 9.17) is 5.26 Å². The van der Waals surface area contributed by atoms with Gasteiger partial charge in [0.2, 0.25) is 0 Å². The van der Waals surface area contributed by atoms with Crippen molar-refractivity contribution in [1.29, 1.82) is 5.26 Å². The molecule has 0 saturated heterocycles. The van der Waals surface area contributed by atoms with E-state index in [2.05, 4.69) is 20.9 Å². The van der Waals surface area contributed by atoms with Gasteiger partial charge < -0.3 is 0 Å². The standard InChI is InChI=1S/C8H4BrF2IN2/c9-7-4(1-2-13)6(8(10)11)5(12)3-14-7/h3,8H,1H2. The highest BCUT2D eigenvalue weighted by Gasteiger charge is 2.19. The summed E-state index contributed by atoms with van der Waals surface area (Å²) in [5.74, 6) is 0. The summed E-state index contributed by atoms with van der Waals surface area (Å²) in [6.07, 6.45) is -1.29. The van der Waals surface area contributed by atoms with Gasteiger partial charge in [-0.15, -0.1) is 0 Å². The molecule has 6 heteroatoms. The van der Waals surface area contributed by atoms with Gasteiger partial charge in [0.25, 0.3) is 6.43 Å². The zero-order valence-electron chi connectivity index (χ0n) is 6.77. The van der Waals surface area contributed by atoms with Gasteiger partial charge in [-0.05, 0) is 38.5 Å². The normalized spacial score (nSPS) is 10.3. The molecule has 0 saturated carbocycles. The summed E-state index contributed by atoms with van der Waals surface area (Å²) in [5.41, 5.74) is 0.170. The fourth-order valence-electron chi connectivity index (χ4n) is 0.999. The van der Waals surface area contributed by atoms with Crippen molar-refractivity contribution in [3.8, 4) is 6.07 Å². The molecular formula is C8H4BrF2IN2. The Kier molecular flexibility index (Phi) is 4.19. The number of nitrogens with zero attached hydrogens (tertiary/aromatic N) is 2. The Morgan fingerprint density at radius 1 is 1.64 bits per heavy atom. The predicted molar refractivity (Wildman–Crippen MR) is 58.9 cm³/mol. The van der Waals surface area contributed by atoms with E-state index in [1.165, 1.54) is 6.20 Å². The van der Waals surface area contributed by atoms with E-state index in [-0.39, 0.29) is 17.5 Å². The Morgan fingerprint density at radius 3 is 2.79 bits per heavy atom. The van der Waals surface area contributed by atoms with E-state index >= 15 is 0 Å². The number of pyridine rings is 1. The van der Waals surface area contributed by atoms with E-state index in [9.17, 15) is 8.78 Å². The molecule has 74 valence electrons. The van der Waals surface area contributed by atoms with E-state index in [1.807, 2.05) is 6.07 Å². The number of aromatic nitrogens is 1. The zero-order valence-corrected chi connectivity index (χ0v) is 10.5. The quantitative estimate of drug-likeness (QED) is 0.589. The molecule has 0 aliphatic rings. The van der Waals surface area contributed by atoms with Gasteiger partial charge in [-0.1, -0.05) is 0 Å². The minimum atomic E-state index is -2.58. The lowest BCUT2D eigenvalue weighted by atomic mass is 10.1. The van der Waals surface area contributed by atoms with Crippen LogP contribution in [-0.4, -0.2) is 4.98 Å². The van der Waals surface area contributed by atoms with Crippen molar-refractivity contribution in [2.45, 2.75) is 12.8 Å². The Balaban J connectivity index is 3.35. The van der Waals surface area contributed by atoms with Crippen LogP contribution in [0.3, 0.4) is 0 Å². The third kappa shape index (κ3) is 2.39. The van der Waals surface area contributed by atoms with Crippen LogP contribution < -0.4 is 0 Å². The van der Waals surface area contributed by atoms with Crippen molar-refractivity contribution in [3.63, 3.8) is 0 Å². The highest BCUT2D eigenvalue weighted by atomic mass is 127. The van der Waals surface area contributed by atoms with Gasteiger partial charge >= 0.3 is 0 Å². The third-order valence-corrected chi connectivity index (χ3v) is 3.14. The molecule has 1 rings (SSSR count). The second-order valence-electron chi connectivity index (χ2n) is 2.42. The van der Waals surface area contributed by atoms with Crippen LogP contribution in [0.2, 0.25) is 0 Å². The van der Waals surface area contributed by atoms with Crippen LogP contribution in [0.4, 0.5) is 8.78 Å². The Bertz CT molecular complexity index is 390. The first-order chi connectivity index (χ1) is 6.57. The number of alkyl halides is 2. The van der Waals surface area contributed by atoms with Crippen LogP contribution in [0.5, 0.6) is 0 Å². The van der Waals surface area contributed by atoms with Gasteiger partial charge in [-0.3, -0.25) is 0 Å². The predicted octanol–water partition coefficient (Wildman–Crippen LogP) is 3.45. The van der Waals surface area contributed by atoms with Gasteiger partial charge in [0, 0.05) is 20.9 Å². The zero-order chi connectivity index (χ0) is 10.7. The van der Waals surface area contributed by atoms with Crippen LogP contribution in [-0.2, 0) is 6.42 Å². The Labute approximate surface area is 102 Å². The average Bonchev–Trinajstić information content (AvgIpc) is 2.11. The summed E-state index contributed by atoms with van der Waals surface area (Å²) in [5, 5.41) is 8.50. The molecule has 14 heavy (non-hydrogen) atoms. The second-order valence-corrected chi connectivity index (χ2v) is 4.34. The van der Waals surface area contributed by atoms with Crippen LogP contribution in [0.25, 0.3) is 0 Å². The second kappa shape index (κ2) is 4.98. The minimum Gasteiger partial charge on any atom is -0.248 e. The molecule has 1 aromatic heterocycles. The summed E-state index contributed by atoms with van der Waals surface area (Å²) < 4.78 is 26.0. The summed E-state index contributed by atoms with van der Waals surface area (Å²) in [6.45, 7) is 0. The maximum Gasteiger partial charge on any atom is 0.265 e. The molecule has 0 fully saturated rings. The van der Waals surface area contributed by atoms with Crippen molar-refractivity contribution in [1.82, 2.24) is 4.98 Å². The van der Waals surface area contributed by atoms with Gasteiger partial charge in [0.15, 0.2) is 0 Å². The molecule has 0 atom stereocenters. The lowest BCUT2D eigenvalue weighted by Gasteiger charge is -2.09. The first-order valence-corrected chi connectivity index (χ1v) is 5.43. The molecule has 0 aromatic carbocycles. The van der Waals surface area contributed by atoms with Crippen molar-refractivity contribution in [3.05, 3.63) is 25.5 Å². The van der Waals surface area contributed by atoms with Crippen LogP contribution in [0, 0.1) is 14.9 Å². The number of hydrogen-bond donors (Lipinski definition) is 0. The fraction of sp³-hybridized carbons (Fsp3) is 0.250. The van der Waals surface area contributed by atoms with Crippen LogP contribution in [0.15, 0.2) is 10.8 Å². The molecule has 0 aliphatic carbocycles. The monoisotopic (exact) mass is 372 g/mol. The van der Waals surface area contributed by atoms with Gasteiger partial charge in [-0.2, -0.15) is 5.26 Å². The summed E-state index contributed by atoms with van der Waals surface area (Å²) in [7, 11) is 0. The lowest BCUT2D eigenvalue weighted by Crippen LogP contribution is -2.00. The molecule has 0 radical (unpaired) electrons. The van der Waals surface area contributed by atoms with Crippen molar-refractivity contribution < 1.29 is 8.78 Å². The van der Waals surface area contributed by atoms with Crippen molar-refractivity contribution >= 4 is 38.5 Å². The smallest absolute Gasteiger partial charge is 0.248 e. The van der Waals surface area contributed by atoms with Gasteiger partial charge in [0.1, 0.15) is 4.60 Å². The summed E-state index contributed by atoms with van der Waals surface area (Å²) in [6, 6.07) is 1.84. The molecular weight excluding hydrogens is 369 g/mol. The number of hydrogen-bond acceptors (Lipinski definition) is 2. The maximum atomic E-state index is 12.6. The number of nitriles is 1. The van der Waals surface area contributed by atoms with Crippen LogP contribution in [0.1, 0.15) is 17.6 Å². The van der Waals surface area contributed by atoms with E-state index in [0.717, 1.165) is 0 Å². The molecule has 2 nitrogen and oxygen atoms in total. The van der Waals surface area contributed by atoms with E-state index in [1.54, 1.807) is 22.6 Å². The fourth-order valence-corrected chi connectivity index (χ4v) is 2.16. The van der Waals surface area contributed by atoms with Crippen molar-refractivity contribution in [2.75, 3.05) is 0 Å². The Hall–Kier alpha value is -0.290. The first kappa shape index (κ1) is 11.8. The third-order valence-electron chi connectivity index (χ3n) is 1.60. The topological polar surface area (TPSA) is 36.7 Å². The SMILES string of the molecule is N#CCc1c(Br)ncc(I)c1C(F)F. The number of rotatable bonds is 2. The molecule has 1 heterocycles. The first-order valence-electron chi connectivity index (χ1n) is 3.55. The van der Waals surface area contributed by atoms with Crippen molar-refractivity contribution in [2.24, 2.45) is 0 Å². The number of halogens is 4. The highest BCUT2D eigenvalue weighted by molar-refractivity contribution is 14.1. The molecule has 0 amide bonds. The molecule has 0 unspecified atom stereocenters. The van der Waals surface area contributed by atoms with Gasteiger partial charge in [0.05, 0.1) is 12.5 Å². The molecule has 1 aromatic rings. The molecule has 0 N–H and O–H groups in total. The van der Waals surface area contributed by atoms with Crippen LogP contribution >= 0.6 is 38.5 Å². The van der Waals surface area contributed by atoms with E-state index < -0.39 is 6.43 Å². The summed E-state index contributed by atoms with van der Waals surface area (Å²) in [4.78, 5) is 3.87. The summed E-state index contributed by atoms with van der Waals surface area (Å²) >= 11 is 4.84. The average molecular weight is 373 g/mol. The maximum absolute atomic E-state index is 12.6. The minimum absolute atomic E-state index is 0.0654. The molecule has 0 bridgehead atoms. The molecule has 0 spiro atoms. The largest absolute Gasteiger partial charge is 0.265 e. The highest BCUT2D eigenvalue weighted by Crippen LogP contribution is 2.31. The lowest BCUT2D eigenvalue weighted by molar-refractivity contribution is 0.149. The van der Waals surface area contributed by atoms with Gasteiger partial charge in [-0.25, -0.2) is 13.8 Å². The van der Waals surface area contributed by atoms with E-state index in [0.29, 0.717) is 8.17 Å². The molecule has 0 aliphatic heterocycles. The Morgan fingerprint density at radius 2 is 2.29 bits per heavy atom.